The SMILES string of the molecule is Cc1cc(NC(=O)[C@H](C)Sc2nc(-c3ccccc3)c(-c3ccccc3)o2)no1. The monoisotopic (exact) mass is 405 g/mol. The van der Waals surface area contributed by atoms with Crippen LogP contribution in [-0.4, -0.2) is 21.3 Å². The molecule has 0 bridgehead atoms. The first-order valence-corrected chi connectivity index (χ1v) is 10.0. The number of aryl methyl sites for hydroxylation is 1. The molecule has 2 heterocycles. The molecule has 0 fully saturated rings. The van der Waals surface area contributed by atoms with Crippen molar-refractivity contribution < 1.29 is 13.7 Å². The van der Waals surface area contributed by atoms with Crippen molar-refractivity contribution in [3.63, 3.8) is 0 Å². The van der Waals surface area contributed by atoms with Crippen molar-refractivity contribution in [3.05, 3.63) is 72.5 Å². The van der Waals surface area contributed by atoms with Crippen molar-refractivity contribution in [3.8, 4) is 22.6 Å². The molecule has 4 aromatic rings. The smallest absolute Gasteiger partial charge is 0.257 e. The predicted molar refractivity (Wildman–Crippen MR) is 113 cm³/mol. The molecule has 0 aliphatic heterocycles. The number of hydrogen-bond acceptors (Lipinski definition) is 6. The number of rotatable bonds is 6. The Kier molecular flexibility index (Phi) is 5.48. The summed E-state index contributed by atoms with van der Waals surface area (Å²) in [6, 6.07) is 21.3. The minimum absolute atomic E-state index is 0.205. The zero-order chi connectivity index (χ0) is 20.2. The van der Waals surface area contributed by atoms with Gasteiger partial charge < -0.3 is 14.3 Å². The fourth-order valence-electron chi connectivity index (χ4n) is 2.79. The summed E-state index contributed by atoms with van der Waals surface area (Å²) in [5, 5.41) is 6.52. The van der Waals surface area contributed by atoms with Gasteiger partial charge in [0, 0.05) is 17.2 Å². The van der Waals surface area contributed by atoms with Crippen LogP contribution in [0.25, 0.3) is 22.6 Å². The lowest BCUT2D eigenvalue weighted by atomic mass is 10.1. The summed E-state index contributed by atoms with van der Waals surface area (Å²) in [5.74, 6) is 1.50. The molecular weight excluding hydrogens is 386 g/mol. The summed E-state index contributed by atoms with van der Waals surface area (Å²) in [5.41, 5.74) is 2.64. The number of thioether (sulfide) groups is 1. The molecule has 0 saturated heterocycles. The maximum atomic E-state index is 12.5. The molecule has 146 valence electrons. The van der Waals surface area contributed by atoms with E-state index < -0.39 is 5.25 Å². The number of nitrogens with one attached hydrogen (secondary N) is 1. The van der Waals surface area contributed by atoms with Gasteiger partial charge in [-0.15, -0.1) is 0 Å². The van der Waals surface area contributed by atoms with Gasteiger partial charge in [0.05, 0.1) is 5.25 Å². The fourth-order valence-corrected chi connectivity index (χ4v) is 3.53. The number of hydrogen-bond donors (Lipinski definition) is 1. The number of carbonyl (C=O) groups excluding carboxylic acids is 1. The standard InChI is InChI=1S/C22H19N3O3S/c1-14-13-18(25-28-14)23-21(26)15(2)29-22-24-19(16-9-5-3-6-10-16)20(27-22)17-11-7-4-8-12-17/h3-13,15H,1-2H3,(H,23,25,26)/t15-/m0/s1. The van der Waals surface area contributed by atoms with Gasteiger partial charge in [0.2, 0.25) is 5.91 Å². The minimum Gasteiger partial charge on any atom is -0.431 e. The highest BCUT2D eigenvalue weighted by molar-refractivity contribution is 8.00. The van der Waals surface area contributed by atoms with E-state index in [0.717, 1.165) is 16.8 Å². The van der Waals surface area contributed by atoms with Crippen LogP contribution in [0.5, 0.6) is 0 Å². The number of amides is 1. The number of carbonyl (C=O) groups is 1. The Morgan fingerprint density at radius 1 is 1.03 bits per heavy atom. The van der Waals surface area contributed by atoms with E-state index in [4.69, 9.17) is 8.94 Å². The summed E-state index contributed by atoms with van der Waals surface area (Å²) in [4.78, 5) is 17.1. The summed E-state index contributed by atoms with van der Waals surface area (Å²) in [6.45, 7) is 3.56. The Hall–Kier alpha value is -3.32. The van der Waals surface area contributed by atoms with Crippen LogP contribution in [-0.2, 0) is 4.79 Å². The topological polar surface area (TPSA) is 81.2 Å². The van der Waals surface area contributed by atoms with E-state index in [1.165, 1.54) is 11.8 Å². The lowest BCUT2D eigenvalue weighted by molar-refractivity contribution is -0.115. The number of nitrogens with zero attached hydrogens (tertiary/aromatic N) is 2. The van der Waals surface area contributed by atoms with Crippen molar-refractivity contribution in [2.24, 2.45) is 0 Å². The zero-order valence-corrected chi connectivity index (χ0v) is 16.8. The number of oxazole rings is 1. The van der Waals surface area contributed by atoms with Gasteiger partial charge >= 0.3 is 0 Å². The highest BCUT2D eigenvalue weighted by Gasteiger charge is 2.22. The molecular formula is C22H19N3O3S. The third-order valence-electron chi connectivity index (χ3n) is 4.22. The van der Waals surface area contributed by atoms with Gasteiger partial charge in [-0.2, -0.15) is 0 Å². The maximum absolute atomic E-state index is 12.5. The van der Waals surface area contributed by atoms with Gasteiger partial charge in [-0.1, -0.05) is 77.6 Å². The molecule has 0 unspecified atom stereocenters. The molecule has 29 heavy (non-hydrogen) atoms. The average Bonchev–Trinajstić information content (AvgIpc) is 3.35. The van der Waals surface area contributed by atoms with Crippen LogP contribution >= 0.6 is 11.8 Å². The van der Waals surface area contributed by atoms with Crippen molar-refractivity contribution >= 4 is 23.5 Å². The maximum Gasteiger partial charge on any atom is 0.257 e. The van der Waals surface area contributed by atoms with Crippen LogP contribution in [0.15, 0.2) is 80.9 Å². The third kappa shape index (κ3) is 4.41. The molecule has 0 spiro atoms. The highest BCUT2D eigenvalue weighted by atomic mass is 32.2. The second-order valence-corrected chi connectivity index (χ2v) is 7.75. The van der Waals surface area contributed by atoms with Crippen LogP contribution in [0.2, 0.25) is 0 Å². The summed E-state index contributed by atoms with van der Waals surface area (Å²) < 4.78 is 11.0. The first-order chi connectivity index (χ1) is 14.1. The summed E-state index contributed by atoms with van der Waals surface area (Å²) in [7, 11) is 0. The van der Waals surface area contributed by atoms with E-state index in [9.17, 15) is 4.79 Å². The van der Waals surface area contributed by atoms with Crippen LogP contribution < -0.4 is 5.32 Å². The van der Waals surface area contributed by atoms with Gasteiger partial charge in [-0.3, -0.25) is 4.79 Å². The Labute approximate surface area is 172 Å². The highest BCUT2D eigenvalue weighted by Crippen LogP contribution is 2.36. The van der Waals surface area contributed by atoms with Crippen molar-refractivity contribution in [2.45, 2.75) is 24.3 Å². The molecule has 6 nitrogen and oxygen atoms in total. The molecule has 4 rings (SSSR count). The van der Waals surface area contributed by atoms with E-state index in [2.05, 4.69) is 15.5 Å². The van der Waals surface area contributed by atoms with Crippen molar-refractivity contribution in [1.82, 2.24) is 10.1 Å². The summed E-state index contributed by atoms with van der Waals surface area (Å²) in [6.07, 6.45) is 0. The first-order valence-electron chi connectivity index (χ1n) is 9.12. The number of aromatic nitrogens is 2. The lowest BCUT2D eigenvalue weighted by Crippen LogP contribution is -2.22. The minimum atomic E-state index is -0.432. The van der Waals surface area contributed by atoms with Gasteiger partial charge in [0.15, 0.2) is 11.6 Å². The molecule has 1 amide bonds. The van der Waals surface area contributed by atoms with Gasteiger partial charge in [-0.25, -0.2) is 4.98 Å². The zero-order valence-electron chi connectivity index (χ0n) is 16.0. The molecule has 0 aliphatic rings. The Bertz CT molecular complexity index is 1050. The van der Waals surface area contributed by atoms with E-state index in [-0.39, 0.29) is 5.91 Å². The molecule has 0 radical (unpaired) electrons. The normalized spacial score (nSPS) is 11.9. The van der Waals surface area contributed by atoms with Crippen LogP contribution in [0.3, 0.4) is 0 Å². The Morgan fingerprint density at radius 2 is 1.69 bits per heavy atom. The van der Waals surface area contributed by atoms with Gasteiger partial charge in [0.1, 0.15) is 11.5 Å². The van der Waals surface area contributed by atoms with E-state index in [0.29, 0.717) is 22.6 Å². The van der Waals surface area contributed by atoms with Crippen molar-refractivity contribution in [1.29, 1.82) is 0 Å². The Balaban J connectivity index is 1.59. The molecule has 0 saturated carbocycles. The van der Waals surface area contributed by atoms with Crippen molar-refractivity contribution in [2.75, 3.05) is 5.32 Å². The average molecular weight is 405 g/mol. The first kappa shape index (κ1) is 19.0. The van der Waals surface area contributed by atoms with E-state index in [1.54, 1.807) is 19.9 Å². The molecule has 0 aliphatic carbocycles. The second-order valence-electron chi connectivity index (χ2n) is 6.46. The van der Waals surface area contributed by atoms with Crippen LogP contribution in [0.1, 0.15) is 12.7 Å². The molecule has 1 atom stereocenters. The quantitative estimate of drug-likeness (QED) is 0.431. The lowest BCUT2D eigenvalue weighted by Gasteiger charge is -2.07. The van der Waals surface area contributed by atoms with E-state index in [1.807, 2.05) is 60.7 Å². The molecule has 1 N–H and O–H groups in total. The predicted octanol–water partition coefficient (Wildman–Crippen LogP) is 5.42. The molecule has 7 heteroatoms. The number of anilines is 1. The molecule has 2 aromatic carbocycles. The second kappa shape index (κ2) is 8.36. The largest absolute Gasteiger partial charge is 0.431 e. The fraction of sp³-hybridized carbons (Fsp3) is 0.136. The van der Waals surface area contributed by atoms with Crippen LogP contribution in [0, 0.1) is 6.92 Å². The van der Waals surface area contributed by atoms with Crippen LogP contribution in [0.4, 0.5) is 5.82 Å². The summed E-state index contributed by atoms with van der Waals surface area (Å²) >= 11 is 1.25. The van der Waals surface area contributed by atoms with E-state index >= 15 is 0 Å². The molecule has 2 aromatic heterocycles. The Morgan fingerprint density at radius 3 is 2.31 bits per heavy atom. The third-order valence-corrected chi connectivity index (χ3v) is 5.16. The van der Waals surface area contributed by atoms with Gasteiger partial charge in [-0.05, 0) is 13.8 Å². The van der Waals surface area contributed by atoms with Gasteiger partial charge in [0.25, 0.3) is 5.22 Å². The number of benzene rings is 2.